The fourth-order valence-electron chi connectivity index (χ4n) is 6.30. The lowest BCUT2D eigenvalue weighted by molar-refractivity contribution is 0.0631. The summed E-state index contributed by atoms with van der Waals surface area (Å²) in [6.07, 6.45) is 6.74. The summed E-state index contributed by atoms with van der Waals surface area (Å²) in [6.45, 7) is 2.54. The maximum absolute atomic E-state index is 13.9. The average Bonchev–Trinajstić information content (AvgIpc) is 3.18. The van der Waals surface area contributed by atoms with Gasteiger partial charge in [0.15, 0.2) is 5.69 Å². The van der Waals surface area contributed by atoms with Crippen LogP contribution < -0.4 is 5.32 Å². The predicted octanol–water partition coefficient (Wildman–Crippen LogP) is 7.84. The lowest BCUT2D eigenvalue weighted by Crippen LogP contribution is -2.55. The third-order valence-electron chi connectivity index (χ3n) is 7.54. The highest BCUT2D eigenvalue weighted by molar-refractivity contribution is 9.10. The Morgan fingerprint density at radius 1 is 1.22 bits per heavy atom. The zero-order valence-corrected chi connectivity index (χ0v) is 23.6. The molecule has 190 valence electrons. The molecule has 3 atom stereocenters. The van der Waals surface area contributed by atoms with Crippen LogP contribution in [0.1, 0.15) is 61.5 Å². The van der Waals surface area contributed by atoms with Crippen molar-refractivity contribution < 1.29 is 9.53 Å². The van der Waals surface area contributed by atoms with E-state index in [1.54, 1.807) is 23.9 Å². The molecule has 1 aromatic heterocycles. The third-order valence-corrected chi connectivity index (χ3v) is 8.61. The molecule has 2 aliphatic carbocycles. The van der Waals surface area contributed by atoms with Gasteiger partial charge in [0.2, 0.25) is 0 Å². The number of hydrogen-bond donors (Lipinski definition) is 1. The molecule has 0 aliphatic heterocycles. The van der Waals surface area contributed by atoms with Gasteiger partial charge in [0.1, 0.15) is 0 Å². The maximum atomic E-state index is 13.9. The van der Waals surface area contributed by atoms with E-state index in [1.807, 2.05) is 30.3 Å². The van der Waals surface area contributed by atoms with Crippen molar-refractivity contribution in [2.24, 2.45) is 11.8 Å². The number of carbonyl (C=O) groups excluding carboxylic acids is 1. The van der Waals surface area contributed by atoms with Crippen LogP contribution >= 0.6 is 39.1 Å². The fourth-order valence-corrected chi connectivity index (χ4v) is 7.05. The minimum absolute atomic E-state index is 0.154. The Bertz CT molecular complexity index is 1270. The highest BCUT2D eigenvalue weighted by Gasteiger charge is 2.43. The molecule has 2 saturated carbocycles. The first-order valence-electron chi connectivity index (χ1n) is 12.4. The van der Waals surface area contributed by atoms with Crippen molar-refractivity contribution in [1.82, 2.24) is 15.1 Å². The molecule has 3 aromatic rings. The topological polar surface area (TPSA) is 56.1 Å². The number of ether oxygens (including phenoxy) is 1. The van der Waals surface area contributed by atoms with Crippen LogP contribution in [0.3, 0.4) is 0 Å². The largest absolute Gasteiger partial charge is 0.380 e. The minimum atomic E-state index is -0.165. The van der Waals surface area contributed by atoms with Crippen LogP contribution in [0.5, 0.6) is 0 Å². The summed E-state index contributed by atoms with van der Waals surface area (Å²) < 4.78 is 8.30. The molecule has 0 radical (unpaired) electrons. The monoisotopic (exact) mass is 589 g/mol. The van der Waals surface area contributed by atoms with Gasteiger partial charge in [0.05, 0.1) is 23.0 Å². The molecule has 2 aromatic carbocycles. The van der Waals surface area contributed by atoms with E-state index < -0.39 is 0 Å². The Hall–Kier alpha value is -1.86. The number of rotatable bonds is 6. The van der Waals surface area contributed by atoms with E-state index in [9.17, 15) is 4.79 Å². The van der Waals surface area contributed by atoms with Gasteiger partial charge >= 0.3 is 0 Å². The Balaban J connectivity index is 1.63. The molecule has 1 N–H and O–H groups in total. The number of aromatic nitrogens is 2. The van der Waals surface area contributed by atoms with Crippen molar-refractivity contribution in [3.63, 3.8) is 0 Å². The fraction of sp³-hybridized carbons (Fsp3) is 0.429. The first kappa shape index (κ1) is 25.8. The van der Waals surface area contributed by atoms with Crippen molar-refractivity contribution in [2.45, 2.75) is 57.6 Å². The first-order valence-corrected chi connectivity index (χ1v) is 14.0. The number of methoxy groups -OCH3 is 1. The van der Waals surface area contributed by atoms with Crippen LogP contribution in [-0.4, -0.2) is 28.3 Å². The number of benzene rings is 2. The summed E-state index contributed by atoms with van der Waals surface area (Å²) >= 11 is 16.3. The van der Waals surface area contributed by atoms with Gasteiger partial charge < -0.3 is 10.1 Å². The van der Waals surface area contributed by atoms with E-state index in [0.717, 1.165) is 47.0 Å². The summed E-state index contributed by atoms with van der Waals surface area (Å²) in [5.74, 6) is 1.13. The van der Waals surface area contributed by atoms with Gasteiger partial charge in [-0.25, -0.2) is 4.68 Å². The van der Waals surface area contributed by atoms with Crippen molar-refractivity contribution in [3.05, 3.63) is 68.2 Å². The summed E-state index contributed by atoms with van der Waals surface area (Å²) in [4.78, 5) is 13.9. The Morgan fingerprint density at radius 2 is 2.00 bits per heavy atom. The van der Waals surface area contributed by atoms with E-state index in [0.29, 0.717) is 33.3 Å². The molecule has 3 unspecified atom stereocenters. The smallest absolute Gasteiger partial charge is 0.272 e. The number of nitrogens with one attached hydrogen (secondary N) is 1. The molecule has 36 heavy (non-hydrogen) atoms. The van der Waals surface area contributed by atoms with Crippen LogP contribution in [0.15, 0.2) is 46.9 Å². The van der Waals surface area contributed by atoms with E-state index in [1.165, 1.54) is 12.8 Å². The third kappa shape index (κ3) is 5.10. The second-order valence-corrected chi connectivity index (χ2v) is 12.1. The molecular weight excluding hydrogens is 561 g/mol. The Labute approximate surface area is 230 Å². The van der Waals surface area contributed by atoms with Crippen molar-refractivity contribution >= 4 is 45.0 Å². The van der Waals surface area contributed by atoms with Gasteiger partial charge in [-0.15, -0.1) is 0 Å². The average molecular weight is 591 g/mol. The summed E-state index contributed by atoms with van der Waals surface area (Å²) in [5.41, 5.74) is 3.27. The number of carbonyl (C=O) groups is 1. The van der Waals surface area contributed by atoms with E-state index in [4.69, 9.17) is 33.0 Å². The van der Waals surface area contributed by atoms with Crippen molar-refractivity contribution in [3.8, 4) is 16.9 Å². The van der Waals surface area contributed by atoms with E-state index >= 15 is 0 Å². The zero-order valence-electron chi connectivity index (χ0n) is 20.5. The Morgan fingerprint density at radius 3 is 2.72 bits per heavy atom. The highest BCUT2D eigenvalue weighted by atomic mass is 79.9. The lowest BCUT2D eigenvalue weighted by Gasteiger charge is -2.48. The molecule has 1 heterocycles. The molecule has 5 nitrogen and oxygen atoms in total. The number of fused-ring (bicyclic) bond motifs is 2. The van der Waals surface area contributed by atoms with Crippen LogP contribution in [0.2, 0.25) is 10.0 Å². The summed E-state index contributed by atoms with van der Waals surface area (Å²) in [5, 5.41) is 9.30. The zero-order chi connectivity index (χ0) is 25.4. The number of amides is 1. The normalized spacial score (nSPS) is 23.5. The van der Waals surface area contributed by atoms with Gasteiger partial charge in [-0.05, 0) is 67.9 Å². The summed E-state index contributed by atoms with van der Waals surface area (Å²) in [7, 11) is 1.63. The lowest BCUT2D eigenvalue weighted by atomic mass is 9.64. The standard InChI is InChI=1S/C28H30BrCl2N3O2/c1-17-12-18-4-3-11-28(14-17,15-18)32-27(35)25-22(16-36-2)26(19-5-7-20(29)8-6-19)34(33-25)24-10-9-21(30)13-23(24)31/h5-10,13,17-18H,3-4,11-12,14-16H2,1-2H3,(H,32,35). The van der Waals surface area contributed by atoms with Crippen LogP contribution in [0.4, 0.5) is 0 Å². The van der Waals surface area contributed by atoms with Gasteiger partial charge in [-0.1, -0.05) is 71.0 Å². The second-order valence-electron chi connectivity index (χ2n) is 10.4. The van der Waals surface area contributed by atoms with Gasteiger partial charge in [0, 0.05) is 33.3 Å². The van der Waals surface area contributed by atoms with Crippen LogP contribution in [0.25, 0.3) is 16.9 Å². The first-order chi connectivity index (χ1) is 17.3. The quantitative estimate of drug-likeness (QED) is 0.318. The Kier molecular flexibility index (Phi) is 7.51. The SMILES string of the molecule is COCc1c(C(=O)NC23CCCC(CC(C)C2)C3)nn(-c2ccc(Cl)cc2Cl)c1-c1ccc(Br)cc1. The predicted molar refractivity (Wildman–Crippen MR) is 148 cm³/mol. The molecule has 2 bridgehead atoms. The van der Waals surface area contributed by atoms with Crippen LogP contribution in [0, 0.1) is 11.8 Å². The molecular formula is C28H30BrCl2N3O2. The molecule has 1 amide bonds. The molecule has 2 fully saturated rings. The van der Waals surface area contributed by atoms with E-state index in [-0.39, 0.29) is 18.1 Å². The molecule has 0 saturated heterocycles. The minimum Gasteiger partial charge on any atom is -0.380 e. The number of nitrogens with zero attached hydrogens (tertiary/aromatic N) is 2. The maximum Gasteiger partial charge on any atom is 0.272 e. The summed E-state index contributed by atoms with van der Waals surface area (Å²) in [6, 6.07) is 13.2. The van der Waals surface area contributed by atoms with Crippen molar-refractivity contribution in [1.29, 1.82) is 0 Å². The molecule has 8 heteroatoms. The number of hydrogen-bond acceptors (Lipinski definition) is 3. The van der Waals surface area contributed by atoms with Crippen LogP contribution in [-0.2, 0) is 11.3 Å². The molecule has 5 rings (SSSR count). The molecule has 0 spiro atoms. The highest BCUT2D eigenvalue weighted by Crippen LogP contribution is 2.45. The second kappa shape index (κ2) is 10.5. The number of halogens is 3. The van der Waals surface area contributed by atoms with E-state index in [2.05, 4.69) is 28.2 Å². The van der Waals surface area contributed by atoms with Crippen molar-refractivity contribution in [2.75, 3.05) is 7.11 Å². The van der Waals surface area contributed by atoms with Gasteiger partial charge in [-0.2, -0.15) is 5.10 Å². The van der Waals surface area contributed by atoms with Gasteiger partial charge in [0.25, 0.3) is 5.91 Å². The molecule has 2 aliphatic rings. The van der Waals surface area contributed by atoms with Gasteiger partial charge in [-0.3, -0.25) is 4.79 Å².